The molecule has 1 heterocycles. The van der Waals surface area contributed by atoms with Crippen molar-refractivity contribution < 1.29 is 4.79 Å². The third-order valence-electron chi connectivity index (χ3n) is 3.71. The van der Waals surface area contributed by atoms with E-state index in [1.54, 1.807) is 6.07 Å². The van der Waals surface area contributed by atoms with Crippen LogP contribution in [0.4, 0.5) is 11.4 Å². The van der Waals surface area contributed by atoms with Gasteiger partial charge in [-0.15, -0.1) is 0 Å². The maximum Gasteiger partial charge on any atom is 0.260 e. The topological polar surface area (TPSA) is 46.3 Å². The average molecular weight is 331 g/mol. The molecule has 1 unspecified atom stereocenters. The lowest BCUT2D eigenvalue weighted by molar-refractivity contribution is 0.0982. The van der Waals surface area contributed by atoms with Gasteiger partial charge in [0.15, 0.2) is 0 Å². The number of fused-ring (bicyclic) bond motifs is 1. The molecule has 1 amide bonds. The number of nitrogens with zero attached hydrogens (tertiary/aromatic N) is 1. The van der Waals surface area contributed by atoms with Crippen LogP contribution >= 0.6 is 15.9 Å². The van der Waals surface area contributed by atoms with E-state index in [0.717, 1.165) is 16.6 Å². The Labute approximate surface area is 126 Å². The summed E-state index contributed by atoms with van der Waals surface area (Å²) in [6.45, 7) is 2.06. The molecule has 0 aromatic heterocycles. The Morgan fingerprint density at radius 2 is 2.00 bits per heavy atom. The summed E-state index contributed by atoms with van der Waals surface area (Å²) < 4.78 is 0.753. The van der Waals surface area contributed by atoms with Gasteiger partial charge in [-0.1, -0.05) is 24.3 Å². The molecule has 2 aromatic carbocycles. The van der Waals surface area contributed by atoms with E-state index in [9.17, 15) is 4.79 Å². The molecule has 3 rings (SSSR count). The summed E-state index contributed by atoms with van der Waals surface area (Å²) in [5, 5.41) is 0. The van der Waals surface area contributed by atoms with Crippen molar-refractivity contribution >= 4 is 33.2 Å². The number of hydrogen-bond donors (Lipinski definition) is 1. The van der Waals surface area contributed by atoms with E-state index in [4.69, 9.17) is 5.73 Å². The van der Waals surface area contributed by atoms with Gasteiger partial charge in [0, 0.05) is 16.2 Å². The standard InChI is InChI=1S/C16H15BrN2O/c1-10-9-11-5-2-3-8-14(11)19(10)16(20)12-6-4-7-13(17)15(12)18/h2-8,10H,9,18H2,1H3. The largest absolute Gasteiger partial charge is 0.397 e. The summed E-state index contributed by atoms with van der Waals surface area (Å²) in [6, 6.07) is 13.6. The van der Waals surface area contributed by atoms with Crippen LogP contribution in [0, 0.1) is 0 Å². The van der Waals surface area contributed by atoms with Crippen LogP contribution in [0.3, 0.4) is 0 Å². The van der Waals surface area contributed by atoms with Gasteiger partial charge >= 0.3 is 0 Å². The van der Waals surface area contributed by atoms with Gasteiger partial charge in [0.1, 0.15) is 0 Å². The summed E-state index contributed by atoms with van der Waals surface area (Å²) in [5.41, 5.74) is 9.26. The molecule has 0 bridgehead atoms. The lowest BCUT2D eigenvalue weighted by atomic mass is 10.1. The number of amides is 1. The van der Waals surface area contributed by atoms with Gasteiger partial charge in [0.05, 0.1) is 11.3 Å². The zero-order chi connectivity index (χ0) is 14.3. The van der Waals surface area contributed by atoms with E-state index in [-0.39, 0.29) is 11.9 Å². The normalized spacial score (nSPS) is 17.1. The Balaban J connectivity index is 2.05. The van der Waals surface area contributed by atoms with Crippen LogP contribution in [-0.4, -0.2) is 11.9 Å². The van der Waals surface area contributed by atoms with Crippen LogP contribution in [0.2, 0.25) is 0 Å². The number of halogens is 1. The molecular weight excluding hydrogens is 316 g/mol. The highest BCUT2D eigenvalue weighted by atomic mass is 79.9. The lowest BCUT2D eigenvalue weighted by Crippen LogP contribution is -2.36. The number of carbonyl (C=O) groups excluding carboxylic acids is 1. The van der Waals surface area contributed by atoms with E-state index in [2.05, 4.69) is 28.9 Å². The van der Waals surface area contributed by atoms with Gasteiger partial charge in [-0.3, -0.25) is 4.79 Å². The highest BCUT2D eigenvalue weighted by molar-refractivity contribution is 9.10. The van der Waals surface area contributed by atoms with Crippen molar-refractivity contribution in [2.45, 2.75) is 19.4 Å². The Morgan fingerprint density at radius 1 is 1.25 bits per heavy atom. The van der Waals surface area contributed by atoms with Gasteiger partial charge in [0.2, 0.25) is 0 Å². The van der Waals surface area contributed by atoms with Crippen molar-refractivity contribution in [1.29, 1.82) is 0 Å². The van der Waals surface area contributed by atoms with Crippen molar-refractivity contribution in [2.75, 3.05) is 10.6 Å². The molecule has 0 fully saturated rings. The van der Waals surface area contributed by atoms with Crippen LogP contribution in [0.25, 0.3) is 0 Å². The summed E-state index contributed by atoms with van der Waals surface area (Å²) in [4.78, 5) is 14.7. The first kappa shape index (κ1) is 13.2. The van der Waals surface area contributed by atoms with Crippen LogP contribution in [0.1, 0.15) is 22.8 Å². The quantitative estimate of drug-likeness (QED) is 0.811. The zero-order valence-corrected chi connectivity index (χ0v) is 12.7. The second-order valence-corrected chi connectivity index (χ2v) is 5.91. The van der Waals surface area contributed by atoms with Crippen molar-refractivity contribution in [1.82, 2.24) is 0 Å². The number of hydrogen-bond acceptors (Lipinski definition) is 2. The summed E-state index contributed by atoms with van der Waals surface area (Å²) in [5.74, 6) is -0.0405. The first-order valence-electron chi connectivity index (χ1n) is 6.55. The predicted molar refractivity (Wildman–Crippen MR) is 85.0 cm³/mol. The molecule has 4 heteroatoms. The molecule has 0 radical (unpaired) electrons. The first-order valence-corrected chi connectivity index (χ1v) is 7.34. The van der Waals surface area contributed by atoms with E-state index in [0.29, 0.717) is 11.3 Å². The molecule has 0 spiro atoms. The third kappa shape index (κ3) is 2.00. The zero-order valence-electron chi connectivity index (χ0n) is 11.1. The number of rotatable bonds is 1. The Hall–Kier alpha value is -1.81. The Morgan fingerprint density at radius 3 is 2.80 bits per heavy atom. The van der Waals surface area contributed by atoms with Crippen LogP contribution in [0.15, 0.2) is 46.9 Å². The van der Waals surface area contributed by atoms with Gasteiger partial charge in [-0.25, -0.2) is 0 Å². The molecule has 0 saturated heterocycles. The van der Waals surface area contributed by atoms with Crippen molar-refractivity contribution in [3.8, 4) is 0 Å². The molecular formula is C16H15BrN2O. The number of nitrogen functional groups attached to an aromatic ring is 1. The van der Waals surface area contributed by atoms with E-state index in [1.165, 1.54) is 5.56 Å². The van der Waals surface area contributed by atoms with Crippen molar-refractivity contribution in [3.05, 3.63) is 58.1 Å². The second kappa shape index (κ2) is 4.94. The van der Waals surface area contributed by atoms with E-state index >= 15 is 0 Å². The molecule has 3 nitrogen and oxygen atoms in total. The number of benzene rings is 2. The maximum absolute atomic E-state index is 12.8. The van der Waals surface area contributed by atoms with Crippen LogP contribution in [-0.2, 0) is 6.42 Å². The fraction of sp³-hybridized carbons (Fsp3) is 0.188. The molecule has 0 aliphatic carbocycles. The van der Waals surface area contributed by atoms with E-state index in [1.807, 2.05) is 35.2 Å². The van der Waals surface area contributed by atoms with Gasteiger partial charge in [-0.2, -0.15) is 0 Å². The fourth-order valence-electron chi connectivity index (χ4n) is 2.73. The molecule has 1 atom stereocenters. The molecule has 2 N–H and O–H groups in total. The van der Waals surface area contributed by atoms with Crippen molar-refractivity contribution in [3.63, 3.8) is 0 Å². The minimum atomic E-state index is -0.0405. The number of anilines is 2. The maximum atomic E-state index is 12.8. The fourth-order valence-corrected chi connectivity index (χ4v) is 3.09. The lowest BCUT2D eigenvalue weighted by Gasteiger charge is -2.23. The summed E-state index contributed by atoms with van der Waals surface area (Å²) >= 11 is 3.37. The summed E-state index contributed by atoms with van der Waals surface area (Å²) in [6.07, 6.45) is 0.885. The first-order chi connectivity index (χ1) is 9.59. The van der Waals surface area contributed by atoms with E-state index < -0.39 is 0 Å². The smallest absolute Gasteiger partial charge is 0.260 e. The predicted octanol–water partition coefficient (Wildman–Crippen LogP) is 3.62. The Kier molecular flexibility index (Phi) is 3.26. The monoisotopic (exact) mass is 330 g/mol. The molecule has 102 valence electrons. The second-order valence-electron chi connectivity index (χ2n) is 5.06. The summed E-state index contributed by atoms with van der Waals surface area (Å²) in [7, 11) is 0. The molecule has 1 aliphatic heterocycles. The SMILES string of the molecule is CC1Cc2ccccc2N1C(=O)c1cccc(Br)c1N. The third-order valence-corrected chi connectivity index (χ3v) is 4.40. The number of nitrogens with two attached hydrogens (primary N) is 1. The molecule has 0 saturated carbocycles. The van der Waals surface area contributed by atoms with Gasteiger partial charge in [-0.05, 0) is 53.0 Å². The average Bonchev–Trinajstić information content (AvgIpc) is 2.77. The minimum Gasteiger partial charge on any atom is -0.397 e. The Bertz CT molecular complexity index is 684. The van der Waals surface area contributed by atoms with Crippen molar-refractivity contribution in [2.24, 2.45) is 0 Å². The highest BCUT2D eigenvalue weighted by Crippen LogP contribution is 2.34. The van der Waals surface area contributed by atoms with Crippen LogP contribution < -0.4 is 10.6 Å². The highest BCUT2D eigenvalue weighted by Gasteiger charge is 2.32. The number of para-hydroxylation sites is 2. The van der Waals surface area contributed by atoms with Gasteiger partial charge < -0.3 is 10.6 Å². The van der Waals surface area contributed by atoms with Gasteiger partial charge in [0.25, 0.3) is 5.91 Å². The molecule has 2 aromatic rings. The number of carbonyl (C=O) groups is 1. The molecule has 1 aliphatic rings. The van der Waals surface area contributed by atoms with Crippen LogP contribution in [0.5, 0.6) is 0 Å². The molecule has 20 heavy (non-hydrogen) atoms. The minimum absolute atomic E-state index is 0.0405.